The van der Waals surface area contributed by atoms with Gasteiger partial charge >= 0.3 is 0 Å². The molecule has 1 aliphatic heterocycles. The number of oxime groups is 1. The summed E-state index contributed by atoms with van der Waals surface area (Å²) in [5, 5.41) is 14.6. The quantitative estimate of drug-likeness (QED) is 0.880. The first-order chi connectivity index (χ1) is 10.1. The smallest absolute Gasteiger partial charge is 0.244 e. The standard InChI is InChI=1S/C17H17NO2S/c1-17(19)15(12-6-4-3-5-7-12)16(18-20-17)13-8-10-14(21-2)11-9-13/h3-11,15,19H,1-2H3. The van der Waals surface area contributed by atoms with Gasteiger partial charge < -0.3 is 9.94 Å². The van der Waals surface area contributed by atoms with Crippen LogP contribution in [-0.4, -0.2) is 22.9 Å². The van der Waals surface area contributed by atoms with E-state index in [0.29, 0.717) is 0 Å². The first-order valence-corrected chi connectivity index (χ1v) is 8.02. The zero-order valence-electron chi connectivity index (χ0n) is 12.0. The first kappa shape index (κ1) is 14.2. The third-order valence-electron chi connectivity index (χ3n) is 3.66. The first-order valence-electron chi connectivity index (χ1n) is 6.79. The summed E-state index contributed by atoms with van der Waals surface area (Å²) in [7, 11) is 0. The van der Waals surface area contributed by atoms with Gasteiger partial charge in [-0.15, -0.1) is 11.8 Å². The Labute approximate surface area is 128 Å². The van der Waals surface area contributed by atoms with E-state index in [4.69, 9.17) is 4.84 Å². The Morgan fingerprint density at radius 1 is 1.10 bits per heavy atom. The van der Waals surface area contributed by atoms with Crippen LogP contribution < -0.4 is 0 Å². The predicted molar refractivity (Wildman–Crippen MR) is 85.7 cm³/mol. The number of hydrogen-bond acceptors (Lipinski definition) is 4. The molecule has 0 saturated heterocycles. The van der Waals surface area contributed by atoms with Crippen LogP contribution in [0, 0.1) is 0 Å². The van der Waals surface area contributed by atoms with Crippen LogP contribution in [0.5, 0.6) is 0 Å². The SMILES string of the molecule is CSc1ccc(C2=NOC(C)(O)C2c2ccccc2)cc1. The average Bonchev–Trinajstić information content (AvgIpc) is 2.83. The minimum absolute atomic E-state index is 0.293. The Kier molecular flexibility index (Phi) is 3.74. The highest BCUT2D eigenvalue weighted by atomic mass is 32.2. The molecule has 4 heteroatoms. The third-order valence-corrected chi connectivity index (χ3v) is 4.40. The molecule has 0 bridgehead atoms. The summed E-state index contributed by atoms with van der Waals surface area (Å²) in [5.41, 5.74) is 2.73. The molecule has 0 aromatic heterocycles. The molecule has 0 spiro atoms. The molecular formula is C17H17NO2S. The summed E-state index contributed by atoms with van der Waals surface area (Å²) < 4.78 is 0. The lowest BCUT2D eigenvalue weighted by Crippen LogP contribution is -2.33. The molecule has 2 atom stereocenters. The van der Waals surface area contributed by atoms with Crippen molar-refractivity contribution in [3.63, 3.8) is 0 Å². The van der Waals surface area contributed by atoms with E-state index in [9.17, 15) is 5.11 Å². The molecule has 0 radical (unpaired) electrons. The molecule has 0 amide bonds. The maximum absolute atomic E-state index is 10.5. The molecule has 1 aliphatic rings. The largest absolute Gasteiger partial charge is 0.359 e. The number of thioether (sulfide) groups is 1. The van der Waals surface area contributed by atoms with E-state index in [-0.39, 0.29) is 5.92 Å². The van der Waals surface area contributed by atoms with Crippen molar-refractivity contribution in [1.29, 1.82) is 0 Å². The van der Waals surface area contributed by atoms with Crippen molar-refractivity contribution < 1.29 is 9.94 Å². The van der Waals surface area contributed by atoms with Gasteiger partial charge in [-0.2, -0.15) is 0 Å². The van der Waals surface area contributed by atoms with Crippen molar-refractivity contribution in [2.75, 3.05) is 6.26 Å². The number of aliphatic hydroxyl groups is 1. The lowest BCUT2D eigenvalue weighted by Gasteiger charge is -2.24. The fourth-order valence-electron chi connectivity index (χ4n) is 2.59. The van der Waals surface area contributed by atoms with Crippen molar-refractivity contribution in [1.82, 2.24) is 0 Å². The molecule has 1 N–H and O–H groups in total. The molecule has 2 unspecified atom stereocenters. The molecule has 21 heavy (non-hydrogen) atoms. The molecular weight excluding hydrogens is 282 g/mol. The average molecular weight is 299 g/mol. The maximum atomic E-state index is 10.5. The van der Waals surface area contributed by atoms with Crippen LogP contribution in [0.15, 0.2) is 64.6 Å². The maximum Gasteiger partial charge on any atom is 0.244 e. The van der Waals surface area contributed by atoms with Gasteiger partial charge in [-0.3, -0.25) is 0 Å². The topological polar surface area (TPSA) is 41.8 Å². The molecule has 3 nitrogen and oxygen atoms in total. The Morgan fingerprint density at radius 2 is 1.76 bits per heavy atom. The zero-order valence-corrected chi connectivity index (χ0v) is 12.8. The number of benzene rings is 2. The van der Waals surface area contributed by atoms with Crippen LogP contribution >= 0.6 is 11.8 Å². The van der Waals surface area contributed by atoms with E-state index < -0.39 is 5.79 Å². The van der Waals surface area contributed by atoms with Crippen LogP contribution in [0.1, 0.15) is 24.0 Å². The van der Waals surface area contributed by atoms with Gasteiger partial charge in [0.05, 0.1) is 5.92 Å². The summed E-state index contributed by atoms with van der Waals surface area (Å²) in [4.78, 5) is 6.46. The van der Waals surface area contributed by atoms with Gasteiger partial charge in [-0.1, -0.05) is 47.6 Å². The number of hydrogen-bond donors (Lipinski definition) is 1. The van der Waals surface area contributed by atoms with E-state index in [1.165, 1.54) is 4.90 Å². The lowest BCUT2D eigenvalue weighted by atomic mass is 9.85. The molecule has 0 aliphatic carbocycles. The second-order valence-electron chi connectivity index (χ2n) is 5.19. The summed E-state index contributed by atoms with van der Waals surface area (Å²) in [6.07, 6.45) is 2.04. The van der Waals surface area contributed by atoms with Crippen LogP contribution in [0.2, 0.25) is 0 Å². The Balaban J connectivity index is 2.00. The van der Waals surface area contributed by atoms with Crippen molar-refractivity contribution in [2.45, 2.75) is 23.5 Å². The highest BCUT2D eigenvalue weighted by Gasteiger charge is 2.45. The van der Waals surface area contributed by atoms with Gasteiger partial charge in [0.1, 0.15) is 5.71 Å². The summed E-state index contributed by atoms with van der Waals surface area (Å²) >= 11 is 1.70. The summed E-state index contributed by atoms with van der Waals surface area (Å²) in [5.74, 6) is -1.62. The monoisotopic (exact) mass is 299 g/mol. The highest BCUT2D eigenvalue weighted by Crippen LogP contribution is 2.38. The molecule has 2 aromatic carbocycles. The van der Waals surface area contributed by atoms with Gasteiger partial charge in [-0.25, -0.2) is 0 Å². The van der Waals surface area contributed by atoms with Crippen LogP contribution in [0.25, 0.3) is 0 Å². The van der Waals surface area contributed by atoms with Crippen LogP contribution in [-0.2, 0) is 4.84 Å². The van der Waals surface area contributed by atoms with E-state index >= 15 is 0 Å². The van der Waals surface area contributed by atoms with E-state index in [1.54, 1.807) is 18.7 Å². The van der Waals surface area contributed by atoms with Gasteiger partial charge in [0, 0.05) is 17.4 Å². The van der Waals surface area contributed by atoms with Crippen molar-refractivity contribution in [3.8, 4) is 0 Å². The molecule has 3 rings (SSSR count). The normalized spacial score (nSPS) is 24.5. The third kappa shape index (κ3) is 2.69. The van der Waals surface area contributed by atoms with E-state index in [2.05, 4.69) is 17.3 Å². The van der Waals surface area contributed by atoms with Crippen molar-refractivity contribution >= 4 is 17.5 Å². The molecule has 1 heterocycles. The second kappa shape index (κ2) is 5.54. The highest BCUT2D eigenvalue weighted by molar-refractivity contribution is 7.98. The fourth-order valence-corrected chi connectivity index (χ4v) is 3.00. The molecule has 0 saturated carbocycles. The molecule has 0 fully saturated rings. The van der Waals surface area contributed by atoms with Crippen LogP contribution in [0.3, 0.4) is 0 Å². The predicted octanol–water partition coefficient (Wildman–Crippen LogP) is 3.64. The second-order valence-corrected chi connectivity index (χ2v) is 6.07. The van der Waals surface area contributed by atoms with Gasteiger partial charge in [0.25, 0.3) is 0 Å². The fraction of sp³-hybridized carbons (Fsp3) is 0.235. The van der Waals surface area contributed by atoms with Gasteiger partial charge in [0.2, 0.25) is 5.79 Å². The molecule has 108 valence electrons. The Hall–Kier alpha value is -1.78. The molecule has 2 aromatic rings. The van der Waals surface area contributed by atoms with E-state index in [1.807, 2.05) is 48.7 Å². The van der Waals surface area contributed by atoms with E-state index in [0.717, 1.165) is 16.8 Å². The zero-order chi connectivity index (χ0) is 14.9. The minimum atomic E-state index is -1.32. The lowest BCUT2D eigenvalue weighted by molar-refractivity contribution is -0.179. The van der Waals surface area contributed by atoms with Crippen molar-refractivity contribution in [2.24, 2.45) is 5.16 Å². The van der Waals surface area contributed by atoms with Gasteiger partial charge in [-0.05, 0) is 24.0 Å². The summed E-state index contributed by atoms with van der Waals surface area (Å²) in [6, 6.07) is 18.0. The summed E-state index contributed by atoms with van der Waals surface area (Å²) in [6.45, 7) is 1.65. The Morgan fingerprint density at radius 3 is 2.38 bits per heavy atom. The van der Waals surface area contributed by atoms with Crippen LogP contribution in [0.4, 0.5) is 0 Å². The van der Waals surface area contributed by atoms with Gasteiger partial charge in [0.15, 0.2) is 0 Å². The van der Waals surface area contributed by atoms with Crippen molar-refractivity contribution in [3.05, 3.63) is 65.7 Å². The number of rotatable bonds is 3. The number of nitrogens with zero attached hydrogens (tertiary/aromatic N) is 1. The Bertz CT molecular complexity index is 650. The minimum Gasteiger partial charge on any atom is -0.359 e.